The molecule has 2 aromatic heterocycles. The van der Waals surface area contributed by atoms with Crippen LogP contribution >= 0.6 is 22.9 Å². The lowest BCUT2D eigenvalue weighted by atomic mass is 9.82. The van der Waals surface area contributed by atoms with Crippen LogP contribution in [0.3, 0.4) is 0 Å². The number of aryl methyl sites for hydroxylation is 2. The number of carbonyl (C=O) groups is 4. The molecule has 0 bridgehead atoms. The predicted octanol–water partition coefficient (Wildman–Crippen LogP) is 6.74. The predicted molar refractivity (Wildman–Crippen MR) is 235 cm³/mol. The quantitative estimate of drug-likeness (QED) is 0.0812. The third kappa shape index (κ3) is 9.97. The van der Waals surface area contributed by atoms with Gasteiger partial charge in [0.2, 0.25) is 17.7 Å². The van der Waals surface area contributed by atoms with Gasteiger partial charge in [-0.1, -0.05) is 49.4 Å². The summed E-state index contributed by atoms with van der Waals surface area (Å²) in [4.78, 5) is 59.1. The van der Waals surface area contributed by atoms with E-state index in [2.05, 4.69) is 50.6 Å². The van der Waals surface area contributed by atoms with E-state index in [9.17, 15) is 24.4 Å². The smallest absolute Gasteiger partial charge is 0.257 e. The number of ether oxygens (including phenoxy) is 1. The summed E-state index contributed by atoms with van der Waals surface area (Å²) < 4.78 is 7.85. The molecule has 14 nitrogen and oxygen atoms in total. The molecule has 0 aliphatic carbocycles. The number of carbonyl (C=O) groups excluding carboxylic acids is 4. The summed E-state index contributed by atoms with van der Waals surface area (Å²) in [6.07, 6.45) is 8.04. The van der Waals surface area contributed by atoms with Crippen molar-refractivity contribution in [2.75, 3.05) is 37.7 Å². The molecule has 3 N–H and O–H groups in total. The van der Waals surface area contributed by atoms with Crippen LogP contribution in [0.25, 0.3) is 5.00 Å². The highest BCUT2D eigenvalue weighted by Gasteiger charge is 2.46. The van der Waals surface area contributed by atoms with E-state index in [1.807, 2.05) is 36.1 Å². The molecule has 7 rings (SSSR count). The van der Waals surface area contributed by atoms with Crippen LogP contribution in [0.15, 0.2) is 47.5 Å². The number of fused-ring (bicyclic) bond motifs is 3. The number of imide groups is 1. The summed E-state index contributed by atoms with van der Waals surface area (Å²) in [7, 11) is 0. The normalized spacial score (nSPS) is 18.4. The van der Waals surface area contributed by atoms with Crippen molar-refractivity contribution in [3.05, 3.63) is 86.3 Å². The Morgan fingerprint density at radius 3 is 2.44 bits per heavy atom. The number of hydrogen-bond acceptors (Lipinski definition) is 11. The van der Waals surface area contributed by atoms with Crippen LogP contribution in [-0.4, -0.2) is 76.9 Å². The molecule has 0 radical (unpaired) electrons. The van der Waals surface area contributed by atoms with Gasteiger partial charge in [-0.3, -0.25) is 34.1 Å². The number of nitrogens with zero attached hydrogens (tertiary/aromatic N) is 6. The summed E-state index contributed by atoms with van der Waals surface area (Å²) in [5.74, 6) is 1.08. The first-order valence-corrected chi connectivity index (χ1v) is 22.3. The van der Waals surface area contributed by atoms with Crippen molar-refractivity contribution in [1.82, 2.24) is 30.7 Å². The van der Waals surface area contributed by atoms with Crippen LogP contribution < -0.4 is 25.6 Å². The number of aromatic nitrogens is 3. The molecule has 320 valence electrons. The second kappa shape index (κ2) is 19.4. The first-order valence-electron chi connectivity index (χ1n) is 21.1. The van der Waals surface area contributed by atoms with E-state index in [1.165, 1.54) is 4.88 Å². The molecule has 2 aromatic carbocycles. The Balaban J connectivity index is 0.802. The Morgan fingerprint density at radius 1 is 0.984 bits per heavy atom. The fourth-order valence-electron chi connectivity index (χ4n) is 8.44. The number of nitrogens with one attached hydrogen (secondary N) is 3. The Bertz CT molecular complexity index is 2370. The van der Waals surface area contributed by atoms with Gasteiger partial charge in [-0.2, -0.15) is 5.26 Å². The lowest BCUT2D eigenvalue weighted by molar-refractivity contribution is -0.135. The van der Waals surface area contributed by atoms with Crippen LogP contribution in [-0.2, 0) is 19.2 Å². The highest BCUT2D eigenvalue weighted by Crippen LogP contribution is 2.42. The van der Waals surface area contributed by atoms with Gasteiger partial charge in [-0.15, -0.1) is 21.5 Å². The van der Waals surface area contributed by atoms with Crippen LogP contribution in [0.2, 0.25) is 5.02 Å². The number of thiophene rings is 1. The molecular formula is C45H52ClN9O5S. The lowest BCUT2D eigenvalue weighted by Gasteiger charge is -2.27. The van der Waals surface area contributed by atoms with Gasteiger partial charge in [-0.05, 0) is 82.7 Å². The Hall–Kier alpha value is -5.59. The van der Waals surface area contributed by atoms with Gasteiger partial charge in [0.15, 0.2) is 12.4 Å². The fourth-order valence-corrected chi connectivity index (χ4v) is 9.78. The molecular weight excluding hydrogens is 814 g/mol. The highest BCUT2D eigenvalue weighted by atomic mass is 35.5. The van der Waals surface area contributed by atoms with Gasteiger partial charge in [0, 0.05) is 59.7 Å². The van der Waals surface area contributed by atoms with Crippen molar-refractivity contribution in [1.29, 1.82) is 5.26 Å². The molecule has 3 aliphatic heterocycles. The number of halogens is 1. The van der Waals surface area contributed by atoms with Gasteiger partial charge in [0.1, 0.15) is 28.7 Å². The summed E-state index contributed by atoms with van der Waals surface area (Å²) in [5.41, 5.74) is 4.38. The van der Waals surface area contributed by atoms with Gasteiger partial charge in [0.25, 0.3) is 5.91 Å². The SMILES string of the molecule is Cc1sc2c(c1C)C(c1ccc(Cl)cc1)=N[C@@H](CC(=O)NCCCCCCCCNC(=O)COc1ccc(C#N)c(N3CCC4(CCCC(=O)NC4=O)C3)c1)c1nnc(C)n1-2. The molecule has 3 aliphatic rings. The maximum Gasteiger partial charge on any atom is 0.257 e. The average molecular weight is 866 g/mol. The number of aliphatic imine (C=N–C) groups is 1. The topological polar surface area (TPSA) is 184 Å². The minimum absolute atomic E-state index is 0.0847. The lowest BCUT2D eigenvalue weighted by Crippen LogP contribution is -2.43. The molecule has 2 atom stereocenters. The summed E-state index contributed by atoms with van der Waals surface area (Å²) in [5, 5.41) is 28.9. The average Bonchev–Trinajstić information content (AvgIpc) is 3.88. The number of unbranched alkanes of at least 4 members (excludes halogenated alkanes) is 5. The first kappa shape index (κ1) is 43.5. The first-order chi connectivity index (χ1) is 29.5. The third-order valence-corrected chi connectivity index (χ3v) is 13.4. The van der Waals surface area contributed by atoms with Gasteiger partial charge < -0.3 is 20.3 Å². The van der Waals surface area contributed by atoms with Crippen molar-refractivity contribution in [3.63, 3.8) is 0 Å². The van der Waals surface area contributed by atoms with Gasteiger partial charge in [0.05, 0.1) is 28.8 Å². The number of anilines is 1. The van der Waals surface area contributed by atoms with E-state index in [0.29, 0.717) is 79.7 Å². The molecule has 1 unspecified atom stereocenters. The monoisotopic (exact) mass is 865 g/mol. The van der Waals surface area contributed by atoms with Crippen LogP contribution in [0.1, 0.15) is 115 Å². The van der Waals surface area contributed by atoms with Crippen molar-refractivity contribution >= 4 is 58.0 Å². The largest absolute Gasteiger partial charge is 0.484 e. The standard InChI is InChI=1S/C45H52ClN9O5S/c1-28-29(2)61-43-40(28)41(31-12-15-33(46)16-13-31)50-35(42-53-52-30(3)55(42)43)24-38(57)48-20-8-6-4-5-7-9-21-49-39(58)26-60-34-17-14-32(25-47)36(23-34)54-22-19-45(27-54)18-10-11-37(56)51-44(45)59/h12-17,23,35H,4-11,18-22,24,26-27H2,1-3H3,(H,48,57)(H,49,58)(H,51,56,59)/t35-,45?/m0/s1. The zero-order chi connectivity index (χ0) is 43.1. The highest BCUT2D eigenvalue weighted by molar-refractivity contribution is 7.15. The summed E-state index contributed by atoms with van der Waals surface area (Å²) >= 11 is 7.91. The van der Waals surface area contributed by atoms with Crippen LogP contribution in [0.5, 0.6) is 5.75 Å². The molecule has 2 saturated heterocycles. The van der Waals surface area contributed by atoms with E-state index < -0.39 is 11.5 Å². The van der Waals surface area contributed by atoms with E-state index in [1.54, 1.807) is 29.5 Å². The van der Waals surface area contributed by atoms with E-state index in [0.717, 1.165) is 71.8 Å². The second-order valence-corrected chi connectivity index (χ2v) is 17.8. The molecule has 2 fully saturated rings. The maximum absolute atomic E-state index is 13.3. The number of rotatable bonds is 16. The summed E-state index contributed by atoms with van der Waals surface area (Å²) in [6, 6.07) is 14.4. The Morgan fingerprint density at radius 2 is 1.70 bits per heavy atom. The Labute approximate surface area is 365 Å². The van der Waals surface area contributed by atoms with Crippen LogP contribution in [0, 0.1) is 37.5 Å². The van der Waals surface area contributed by atoms with Crippen molar-refractivity contribution < 1.29 is 23.9 Å². The zero-order valence-electron chi connectivity index (χ0n) is 34.9. The number of amides is 4. The maximum atomic E-state index is 13.3. The van der Waals surface area contributed by atoms with Gasteiger partial charge >= 0.3 is 0 Å². The Kier molecular flexibility index (Phi) is 13.8. The van der Waals surface area contributed by atoms with E-state index in [4.69, 9.17) is 21.3 Å². The van der Waals surface area contributed by atoms with Crippen LogP contribution in [0.4, 0.5) is 5.69 Å². The van der Waals surface area contributed by atoms with Crippen molar-refractivity contribution in [2.24, 2.45) is 10.4 Å². The molecule has 61 heavy (non-hydrogen) atoms. The molecule has 0 saturated carbocycles. The fraction of sp³-hybridized carbons (Fsp3) is 0.467. The summed E-state index contributed by atoms with van der Waals surface area (Å²) in [6.45, 7) is 8.08. The molecule has 1 spiro atoms. The van der Waals surface area contributed by atoms with E-state index in [-0.39, 0.29) is 36.7 Å². The zero-order valence-corrected chi connectivity index (χ0v) is 36.5. The van der Waals surface area contributed by atoms with E-state index >= 15 is 0 Å². The molecule has 16 heteroatoms. The second-order valence-electron chi connectivity index (χ2n) is 16.2. The number of benzene rings is 2. The molecule has 4 amide bonds. The van der Waals surface area contributed by atoms with Crippen molar-refractivity contribution in [3.8, 4) is 16.8 Å². The minimum atomic E-state index is -0.664. The molecule has 4 aromatic rings. The minimum Gasteiger partial charge on any atom is -0.484 e. The van der Waals surface area contributed by atoms with Crippen molar-refractivity contribution in [2.45, 2.75) is 97.4 Å². The number of nitriles is 1. The van der Waals surface area contributed by atoms with Gasteiger partial charge in [-0.25, -0.2) is 0 Å². The molecule has 5 heterocycles. The number of hydrogen-bond donors (Lipinski definition) is 3. The third-order valence-electron chi connectivity index (χ3n) is 11.9.